The lowest BCUT2D eigenvalue weighted by molar-refractivity contribution is -0.150. The van der Waals surface area contributed by atoms with Crippen molar-refractivity contribution in [3.8, 4) is 6.07 Å². The molecule has 1 unspecified atom stereocenters. The van der Waals surface area contributed by atoms with E-state index in [2.05, 4.69) is 6.07 Å². The molecule has 0 aliphatic carbocycles. The number of rotatable bonds is 1. The maximum absolute atomic E-state index is 12.4. The molecule has 0 aromatic heterocycles. The summed E-state index contributed by atoms with van der Waals surface area (Å²) in [5.41, 5.74) is -0.866. The highest BCUT2D eigenvalue weighted by Crippen LogP contribution is 2.32. The summed E-state index contributed by atoms with van der Waals surface area (Å²) >= 11 is 0. The lowest BCUT2D eigenvalue weighted by Crippen LogP contribution is -2.52. The third-order valence-electron chi connectivity index (χ3n) is 3.50. The second-order valence-electron chi connectivity index (χ2n) is 4.74. The van der Waals surface area contributed by atoms with E-state index in [0.717, 1.165) is 0 Å². The van der Waals surface area contributed by atoms with Gasteiger partial charge in [-0.15, -0.1) is 0 Å². The van der Waals surface area contributed by atoms with E-state index in [1.54, 1.807) is 4.90 Å². The second kappa shape index (κ2) is 5.03. The predicted octanol–water partition coefficient (Wildman–Crippen LogP) is 0.554. The number of carbonyl (C=O) groups is 1. The maximum Gasteiger partial charge on any atom is 0.243 e. The summed E-state index contributed by atoms with van der Waals surface area (Å²) in [6, 6.07) is 2.22. The zero-order valence-electron chi connectivity index (χ0n) is 10.1. The SMILES string of the molecule is CC1CN(C(=O)C2(C#N)CCOCC2)CCO1. The lowest BCUT2D eigenvalue weighted by Gasteiger charge is -2.38. The van der Waals surface area contributed by atoms with Crippen LogP contribution >= 0.6 is 0 Å². The number of nitrogens with zero attached hydrogens (tertiary/aromatic N) is 2. The molecule has 1 amide bonds. The van der Waals surface area contributed by atoms with Crippen molar-refractivity contribution in [3.63, 3.8) is 0 Å². The Bertz CT molecular complexity index is 331. The monoisotopic (exact) mass is 238 g/mol. The molecule has 2 aliphatic rings. The fraction of sp³-hybridized carbons (Fsp3) is 0.833. The number of nitriles is 1. The molecule has 2 aliphatic heterocycles. The Kier molecular flexibility index (Phi) is 3.65. The Morgan fingerprint density at radius 1 is 1.41 bits per heavy atom. The molecule has 0 saturated carbocycles. The molecule has 5 heteroatoms. The van der Waals surface area contributed by atoms with Crippen LogP contribution in [0.2, 0.25) is 0 Å². The predicted molar refractivity (Wildman–Crippen MR) is 60.1 cm³/mol. The van der Waals surface area contributed by atoms with Gasteiger partial charge in [0.1, 0.15) is 5.41 Å². The highest BCUT2D eigenvalue weighted by molar-refractivity contribution is 5.85. The van der Waals surface area contributed by atoms with Gasteiger partial charge in [0.2, 0.25) is 5.91 Å². The summed E-state index contributed by atoms with van der Waals surface area (Å²) in [5, 5.41) is 9.32. The highest BCUT2D eigenvalue weighted by Gasteiger charge is 2.43. The second-order valence-corrected chi connectivity index (χ2v) is 4.74. The lowest BCUT2D eigenvalue weighted by atomic mass is 9.80. The van der Waals surface area contributed by atoms with Gasteiger partial charge in [0.15, 0.2) is 0 Å². The molecule has 1 atom stereocenters. The Morgan fingerprint density at radius 2 is 2.12 bits per heavy atom. The van der Waals surface area contributed by atoms with Gasteiger partial charge in [-0.3, -0.25) is 4.79 Å². The number of carbonyl (C=O) groups excluding carboxylic acids is 1. The molecule has 0 N–H and O–H groups in total. The molecule has 2 fully saturated rings. The normalized spacial score (nSPS) is 28.5. The third-order valence-corrected chi connectivity index (χ3v) is 3.50. The Morgan fingerprint density at radius 3 is 2.71 bits per heavy atom. The molecule has 0 radical (unpaired) electrons. The highest BCUT2D eigenvalue weighted by atomic mass is 16.5. The first-order chi connectivity index (χ1) is 8.18. The van der Waals surface area contributed by atoms with E-state index in [0.29, 0.717) is 45.8 Å². The van der Waals surface area contributed by atoms with E-state index in [1.165, 1.54) is 0 Å². The van der Waals surface area contributed by atoms with Gasteiger partial charge in [0, 0.05) is 26.3 Å². The minimum Gasteiger partial charge on any atom is -0.381 e. The van der Waals surface area contributed by atoms with E-state index < -0.39 is 5.41 Å². The maximum atomic E-state index is 12.4. The van der Waals surface area contributed by atoms with Crippen LogP contribution in [0, 0.1) is 16.7 Å². The Balaban J connectivity index is 2.09. The third kappa shape index (κ3) is 2.43. The van der Waals surface area contributed by atoms with Gasteiger partial charge in [-0.1, -0.05) is 0 Å². The standard InChI is InChI=1S/C12H18N2O3/c1-10-8-14(4-7-17-10)11(15)12(9-13)2-5-16-6-3-12/h10H,2-8H2,1H3. The van der Waals surface area contributed by atoms with Crippen LogP contribution in [0.15, 0.2) is 0 Å². The minimum absolute atomic E-state index is 0.0431. The largest absolute Gasteiger partial charge is 0.381 e. The first kappa shape index (κ1) is 12.3. The summed E-state index contributed by atoms with van der Waals surface area (Å²) in [6.45, 7) is 4.68. The summed E-state index contributed by atoms with van der Waals surface area (Å²) in [4.78, 5) is 14.2. The Hall–Kier alpha value is -1.12. The van der Waals surface area contributed by atoms with Crippen LogP contribution in [0.5, 0.6) is 0 Å². The molecule has 0 aromatic carbocycles. The van der Waals surface area contributed by atoms with Gasteiger partial charge in [-0.2, -0.15) is 5.26 Å². The minimum atomic E-state index is -0.866. The molecule has 2 rings (SSSR count). The van der Waals surface area contributed by atoms with Crippen LogP contribution < -0.4 is 0 Å². The van der Waals surface area contributed by atoms with E-state index >= 15 is 0 Å². The van der Waals surface area contributed by atoms with E-state index in [1.807, 2.05) is 6.92 Å². The fourth-order valence-electron chi connectivity index (χ4n) is 2.40. The molecule has 0 aromatic rings. The smallest absolute Gasteiger partial charge is 0.243 e. The quantitative estimate of drug-likeness (QED) is 0.669. The summed E-state index contributed by atoms with van der Waals surface area (Å²) < 4.78 is 10.6. The molecular weight excluding hydrogens is 220 g/mol. The molecule has 2 saturated heterocycles. The number of hydrogen-bond acceptors (Lipinski definition) is 4. The van der Waals surface area contributed by atoms with E-state index in [-0.39, 0.29) is 12.0 Å². The van der Waals surface area contributed by atoms with E-state index in [4.69, 9.17) is 9.47 Å². The van der Waals surface area contributed by atoms with Crippen LogP contribution in [0.25, 0.3) is 0 Å². The van der Waals surface area contributed by atoms with Gasteiger partial charge in [-0.25, -0.2) is 0 Å². The summed E-state index contributed by atoms with van der Waals surface area (Å²) in [5.74, 6) is -0.0431. The fourth-order valence-corrected chi connectivity index (χ4v) is 2.40. The van der Waals surface area contributed by atoms with Crippen LogP contribution in [0.4, 0.5) is 0 Å². The van der Waals surface area contributed by atoms with Crippen molar-refractivity contribution in [2.24, 2.45) is 5.41 Å². The Labute approximate surface area is 101 Å². The molecule has 2 heterocycles. The number of amides is 1. The first-order valence-electron chi connectivity index (χ1n) is 6.08. The van der Waals surface area contributed by atoms with Gasteiger partial charge in [0.05, 0.1) is 18.8 Å². The van der Waals surface area contributed by atoms with Crippen molar-refractivity contribution in [3.05, 3.63) is 0 Å². The molecule has 0 bridgehead atoms. The molecule has 17 heavy (non-hydrogen) atoms. The zero-order valence-corrected chi connectivity index (χ0v) is 10.1. The van der Waals surface area contributed by atoms with Crippen LogP contribution in [-0.2, 0) is 14.3 Å². The van der Waals surface area contributed by atoms with Crippen molar-refractivity contribution in [2.45, 2.75) is 25.9 Å². The van der Waals surface area contributed by atoms with Crippen LogP contribution in [0.3, 0.4) is 0 Å². The van der Waals surface area contributed by atoms with Crippen molar-refractivity contribution in [1.82, 2.24) is 4.90 Å². The van der Waals surface area contributed by atoms with Crippen molar-refractivity contribution < 1.29 is 14.3 Å². The average Bonchev–Trinajstić information content (AvgIpc) is 2.38. The van der Waals surface area contributed by atoms with Crippen LogP contribution in [0.1, 0.15) is 19.8 Å². The van der Waals surface area contributed by atoms with Gasteiger partial charge >= 0.3 is 0 Å². The van der Waals surface area contributed by atoms with Crippen molar-refractivity contribution in [2.75, 3.05) is 32.9 Å². The van der Waals surface area contributed by atoms with Crippen molar-refractivity contribution >= 4 is 5.91 Å². The van der Waals surface area contributed by atoms with Gasteiger partial charge < -0.3 is 14.4 Å². The van der Waals surface area contributed by atoms with Gasteiger partial charge in [0.25, 0.3) is 0 Å². The zero-order chi connectivity index (χ0) is 12.3. The summed E-state index contributed by atoms with van der Waals surface area (Å²) in [7, 11) is 0. The average molecular weight is 238 g/mol. The molecule has 94 valence electrons. The molecule has 0 spiro atoms. The molecule has 5 nitrogen and oxygen atoms in total. The van der Waals surface area contributed by atoms with Crippen molar-refractivity contribution in [1.29, 1.82) is 5.26 Å². The molecular formula is C12H18N2O3. The number of ether oxygens (including phenoxy) is 2. The number of morpholine rings is 1. The topological polar surface area (TPSA) is 62.6 Å². The van der Waals surface area contributed by atoms with E-state index in [9.17, 15) is 10.1 Å². The van der Waals surface area contributed by atoms with Crippen LogP contribution in [-0.4, -0.2) is 49.8 Å². The first-order valence-corrected chi connectivity index (χ1v) is 6.08. The summed E-state index contributed by atoms with van der Waals surface area (Å²) in [6.07, 6.45) is 1.07. The number of hydrogen-bond donors (Lipinski definition) is 0. The van der Waals surface area contributed by atoms with Gasteiger partial charge in [-0.05, 0) is 19.8 Å².